The topological polar surface area (TPSA) is 69.2 Å². The number of hydrogen-bond acceptors (Lipinski definition) is 3. The zero-order valence-corrected chi connectivity index (χ0v) is 12.7. The number of nitrogens with two attached hydrogens (primary N) is 1. The molecule has 0 fully saturated rings. The second-order valence-corrected chi connectivity index (χ2v) is 5.76. The van der Waals surface area contributed by atoms with E-state index in [-0.39, 0.29) is 6.04 Å². The molecule has 0 amide bonds. The van der Waals surface area contributed by atoms with Crippen LogP contribution in [0, 0.1) is 15.9 Å². The van der Waals surface area contributed by atoms with Crippen LogP contribution >= 0.6 is 15.9 Å². The molecule has 0 heterocycles. The van der Waals surface area contributed by atoms with Crippen LogP contribution in [-0.4, -0.2) is 11.0 Å². The van der Waals surface area contributed by atoms with Gasteiger partial charge in [-0.3, -0.25) is 10.1 Å². The molecule has 21 heavy (non-hydrogen) atoms. The highest BCUT2D eigenvalue weighted by atomic mass is 79.9. The van der Waals surface area contributed by atoms with Crippen LogP contribution in [0.2, 0.25) is 0 Å². The first-order valence-electron chi connectivity index (χ1n) is 6.38. The van der Waals surface area contributed by atoms with Gasteiger partial charge in [0.05, 0.1) is 4.92 Å². The minimum absolute atomic E-state index is 0.180. The molecule has 0 aromatic heterocycles. The highest BCUT2D eigenvalue weighted by Crippen LogP contribution is 2.19. The molecule has 0 saturated heterocycles. The Balaban J connectivity index is 2.04. The van der Waals surface area contributed by atoms with E-state index in [9.17, 15) is 14.5 Å². The molecule has 0 aliphatic rings. The van der Waals surface area contributed by atoms with Crippen LogP contribution in [0.15, 0.2) is 46.9 Å². The molecule has 0 saturated carbocycles. The van der Waals surface area contributed by atoms with Crippen molar-refractivity contribution < 1.29 is 9.31 Å². The Morgan fingerprint density at radius 3 is 2.43 bits per heavy atom. The molecule has 1 atom stereocenters. The Morgan fingerprint density at radius 1 is 1.19 bits per heavy atom. The highest BCUT2D eigenvalue weighted by molar-refractivity contribution is 9.10. The van der Waals surface area contributed by atoms with Crippen LogP contribution in [0.4, 0.5) is 10.1 Å². The summed E-state index contributed by atoms with van der Waals surface area (Å²) in [6.45, 7) is 0. The summed E-state index contributed by atoms with van der Waals surface area (Å²) in [5.74, 6) is -0.827. The zero-order chi connectivity index (χ0) is 15.4. The van der Waals surface area contributed by atoms with Crippen LogP contribution in [0.1, 0.15) is 11.1 Å². The summed E-state index contributed by atoms with van der Waals surface area (Å²) in [5.41, 5.74) is 7.29. The van der Waals surface area contributed by atoms with E-state index in [0.29, 0.717) is 18.4 Å². The van der Waals surface area contributed by atoms with Crippen molar-refractivity contribution in [1.82, 2.24) is 0 Å². The van der Waals surface area contributed by atoms with Crippen LogP contribution in [-0.2, 0) is 12.8 Å². The molecule has 2 aromatic carbocycles. The minimum Gasteiger partial charge on any atom is -0.327 e. The summed E-state index contributed by atoms with van der Waals surface area (Å²) in [7, 11) is 0. The molecule has 0 spiro atoms. The van der Waals surface area contributed by atoms with E-state index in [1.807, 2.05) is 24.3 Å². The van der Waals surface area contributed by atoms with E-state index < -0.39 is 16.4 Å². The van der Waals surface area contributed by atoms with Crippen molar-refractivity contribution in [2.24, 2.45) is 5.73 Å². The molecular formula is C15H14BrFN2O2. The van der Waals surface area contributed by atoms with Crippen molar-refractivity contribution in [3.8, 4) is 0 Å². The number of nitrogens with zero attached hydrogens (tertiary/aromatic N) is 1. The van der Waals surface area contributed by atoms with Gasteiger partial charge >= 0.3 is 5.69 Å². The van der Waals surface area contributed by atoms with Gasteiger partial charge < -0.3 is 5.73 Å². The number of nitro groups is 1. The van der Waals surface area contributed by atoms with E-state index in [4.69, 9.17) is 5.73 Å². The Labute approximate surface area is 130 Å². The summed E-state index contributed by atoms with van der Waals surface area (Å²) in [6.07, 6.45) is 1.11. The quantitative estimate of drug-likeness (QED) is 0.660. The van der Waals surface area contributed by atoms with Crippen molar-refractivity contribution in [3.63, 3.8) is 0 Å². The van der Waals surface area contributed by atoms with E-state index in [1.54, 1.807) is 6.07 Å². The normalized spacial score (nSPS) is 12.1. The summed E-state index contributed by atoms with van der Waals surface area (Å²) >= 11 is 3.40. The predicted octanol–water partition coefficient (Wildman–Crippen LogP) is 3.61. The first kappa shape index (κ1) is 15.6. The molecular weight excluding hydrogens is 339 g/mol. The Morgan fingerprint density at radius 2 is 1.86 bits per heavy atom. The van der Waals surface area contributed by atoms with Crippen molar-refractivity contribution in [2.45, 2.75) is 18.9 Å². The molecule has 0 aliphatic heterocycles. The molecule has 0 radical (unpaired) electrons. The molecule has 2 rings (SSSR count). The Hall–Kier alpha value is -1.79. The van der Waals surface area contributed by atoms with E-state index in [1.165, 1.54) is 12.1 Å². The number of benzene rings is 2. The number of rotatable bonds is 5. The Kier molecular flexibility index (Phi) is 5.03. The van der Waals surface area contributed by atoms with Gasteiger partial charge in [0.25, 0.3) is 0 Å². The lowest BCUT2D eigenvalue weighted by molar-refractivity contribution is -0.387. The fourth-order valence-electron chi connectivity index (χ4n) is 2.17. The third-order valence-corrected chi connectivity index (χ3v) is 3.59. The van der Waals surface area contributed by atoms with Gasteiger partial charge in [0.15, 0.2) is 0 Å². The number of hydrogen-bond donors (Lipinski definition) is 1. The highest BCUT2D eigenvalue weighted by Gasteiger charge is 2.15. The van der Waals surface area contributed by atoms with Crippen molar-refractivity contribution in [1.29, 1.82) is 0 Å². The van der Waals surface area contributed by atoms with Gasteiger partial charge in [-0.15, -0.1) is 0 Å². The van der Waals surface area contributed by atoms with Gasteiger partial charge in [-0.25, -0.2) is 0 Å². The monoisotopic (exact) mass is 352 g/mol. The molecule has 110 valence electrons. The molecule has 6 heteroatoms. The molecule has 0 bridgehead atoms. The van der Waals surface area contributed by atoms with Crippen LogP contribution in [0.25, 0.3) is 0 Å². The van der Waals surface area contributed by atoms with E-state index in [0.717, 1.165) is 10.0 Å². The van der Waals surface area contributed by atoms with Crippen molar-refractivity contribution in [2.75, 3.05) is 0 Å². The summed E-state index contributed by atoms with van der Waals surface area (Å²) in [4.78, 5) is 9.83. The van der Waals surface area contributed by atoms with E-state index >= 15 is 0 Å². The third kappa shape index (κ3) is 4.34. The van der Waals surface area contributed by atoms with Gasteiger partial charge in [0, 0.05) is 16.6 Å². The first-order valence-corrected chi connectivity index (χ1v) is 7.18. The summed E-state index contributed by atoms with van der Waals surface area (Å²) in [6, 6.07) is 11.5. The second kappa shape index (κ2) is 6.78. The van der Waals surface area contributed by atoms with Crippen LogP contribution in [0.5, 0.6) is 0 Å². The maximum absolute atomic E-state index is 13.5. The fraction of sp³-hybridized carbons (Fsp3) is 0.200. The average Bonchev–Trinajstić information content (AvgIpc) is 2.38. The average molecular weight is 353 g/mol. The number of nitro benzene ring substituents is 1. The fourth-order valence-corrected chi connectivity index (χ4v) is 2.61. The predicted molar refractivity (Wildman–Crippen MR) is 82.6 cm³/mol. The van der Waals surface area contributed by atoms with Crippen LogP contribution in [0.3, 0.4) is 0 Å². The third-order valence-electron chi connectivity index (χ3n) is 3.09. The van der Waals surface area contributed by atoms with Gasteiger partial charge in [-0.1, -0.05) is 34.1 Å². The smallest absolute Gasteiger partial charge is 0.304 e. The first-order chi connectivity index (χ1) is 9.95. The SMILES string of the molecule is NC(Cc1cccc(Br)c1)Cc1ccc([N+](=O)[O-])c(F)c1. The van der Waals surface area contributed by atoms with Gasteiger partial charge in [0.1, 0.15) is 0 Å². The van der Waals surface area contributed by atoms with Crippen molar-refractivity contribution >= 4 is 21.6 Å². The number of halogens is 2. The zero-order valence-electron chi connectivity index (χ0n) is 11.1. The molecule has 0 aliphatic carbocycles. The molecule has 2 N–H and O–H groups in total. The molecule has 2 aromatic rings. The largest absolute Gasteiger partial charge is 0.327 e. The maximum Gasteiger partial charge on any atom is 0.304 e. The lowest BCUT2D eigenvalue weighted by atomic mass is 9.99. The standard InChI is InChI=1S/C15H14BrFN2O2/c16-12-3-1-2-10(6-12)7-13(18)8-11-4-5-15(19(20)21)14(17)9-11/h1-6,9,13H,7-8,18H2. The second-order valence-electron chi connectivity index (χ2n) is 4.84. The van der Waals surface area contributed by atoms with Crippen molar-refractivity contribution in [3.05, 3.63) is 74.0 Å². The Bertz CT molecular complexity index is 664. The van der Waals surface area contributed by atoms with Gasteiger partial charge in [-0.2, -0.15) is 4.39 Å². The lowest BCUT2D eigenvalue weighted by Crippen LogP contribution is -2.25. The lowest BCUT2D eigenvalue weighted by Gasteiger charge is -2.12. The summed E-state index contributed by atoms with van der Waals surface area (Å²) < 4.78 is 14.5. The molecule has 4 nitrogen and oxygen atoms in total. The minimum atomic E-state index is -0.827. The van der Waals surface area contributed by atoms with Gasteiger partial charge in [0.2, 0.25) is 5.82 Å². The van der Waals surface area contributed by atoms with Gasteiger partial charge in [-0.05, 0) is 42.2 Å². The van der Waals surface area contributed by atoms with Crippen LogP contribution < -0.4 is 5.73 Å². The maximum atomic E-state index is 13.5. The van der Waals surface area contributed by atoms with E-state index in [2.05, 4.69) is 15.9 Å². The molecule has 1 unspecified atom stereocenters. The summed E-state index contributed by atoms with van der Waals surface area (Å²) in [5, 5.41) is 10.6.